The molecule has 17 heavy (non-hydrogen) atoms. The van der Waals surface area contributed by atoms with Gasteiger partial charge in [0.05, 0.1) is 0 Å². The predicted molar refractivity (Wildman–Crippen MR) is 71.3 cm³/mol. The molecule has 0 aliphatic carbocycles. The molecule has 86 valence electrons. The van der Waals surface area contributed by atoms with Crippen LogP contribution in [0.25, 0.3) is 15.5 Å². The number of halogens is 1. The monoisotopic (exact) mass is 308 g/mol. The van der Waals surface area contributed by atoms with Crippen LogP contribution in [-0.2, 0) is 0 Å². The van der Waals surface area contributed by atoms with E-state index >= 15 is 0 Å². The van der Waals surface area contributed by atoms with Gasteiger partial charge in [-0.3, -0.25) is 0 Å². The van der Waals surface area contributed by atoms with Crippen LogP contribution in [0.4, 0.5) is 0 Å². The largest absolute Gasteiger partial charge is 0.234 e. The Morgan fingerprint density at radius 2 is 2.06 bits per heavy atom. The molecule has 1 aromatic carbocycles. The SMILES string of the molecule is Cc1ccc(-c2nn3c(C)nnc3s2)cc1Br. The Labute approximate surface area is 110 Å². The summed E-state index contributed by atoms with van der Waals surface area (Å²) in [7, 11) is 0. The summed E-state index contributed by atoms with van der Waals surface area (Å²) in [5.74, 6) is 0.814. The summed E-state index contributed by atoms with van der Waals surface area (Å²) in [5, 5.41) is 13.5. The van der Waals surface area contributed by atoms with Gasteiger partial charge >= 0.3 is 0 Å². The number of rotatable bonds is 1. The van der Waals surface area contributed by atoms with Crippen LogP contribution in [0.5, 0.6) is 0 Å². The Bertz CT molecular complexity index is 701. The van der Waals surface area contributed by atoms with E-state index in [1.807, 2.05) is 6.92 Å². The first-order valence-electron chi connectivity index (χ1n) is 5.10. The Kier molecular flexibility index (Phi) is 2.48. The maximum atomic E-state index is 4.50. The molecule has 3 aromatic rings. The summed E-state index contributed by atoms with van der Waals surface area (Å²) in [4.78, 5) is 0.828. The molecule has 0 aliphatic rings. The standard InChI is InChI=1S/C11H9BrN4S/c1-6-3-4-8(5-9(6)12)10-15-16-7(2)13-14-11(16)17-10/h3-5H,1-2H3. The number of hydrogen-bond donors (Lipinski definition) is 0. The number of aryl methyl sites for hydroxylation is 2. The zero-order valence-corrected chi connectivity index (χ0v) is 11.7. The molecule has 0 radical (unpaired) electrons. The van der Waals surface area contributed by atoms with Gasteiger partial charge in [-0.25, -0.2) is 0 Å². The lowest BCUT2D eigenvalue weighted by Crippen LogP contribution is -1.88. The molecule has 0 fully saturated rings. The number of nitrogens with zero attached hydrogens (tertiary/aromatic N) is 4. The molecular formula is C11H9BrN4S. The molecule has 0 spiro atoms. The minimum Gasteiger partial charge on any atom is -0.187 e. The van der Waals surface area contributed by atoms with Crippen molar-refractivity contribution in [2.45, 2.75) is 13.8 Å². The topological polar surface area (TPSA) is 43.1 Å². The van der Waals surface area contributed by atoms with Gasteiger partial charge in [-0.1, -0.05) is 39.4 Å². The summed E-state index contributed by atoms with van der Waals surface area (Å²) in [6.07, 6.45) is 0. The van der Waals surface area contributed by atoms with E-state index in [9.17, 15) is 0 Å². The van der Waals surface area contributed by atoms with E-state index in [1.165, 1.54) is 5.56 Å². The van der Waals surface area contributed by atoms with Crippen molar-refractivity contribution < 1.29 is 0 Å². The highest BCUT2D eigenvalue weighted by atomic mass is 79.9. The Balaban J connectivity index is 2.16. The quantitative estimate of drug-likeness (QED) is 0.693. The van der Waals surface area contributed by atoms with E-state index in [-0.39, 0.29) is 0 Å². The van der Waals surface area contributed by atoms with Gasteiger partial charge in [-0.05, 0) is 25.5 Å². The van der Waals surface area contributed by atoms with Gasteiger partial charge in [0.25, 0.3) is 0 Å². The van der Waals surface area contributed by atoms with Crippen LogP contribution in [0, 0.1) is 13.8 Å². The number of benzene rings is 1. The van der Waals surface area contributed by atoms with Crippen molar-refractivity contribution in [1.82, 2.24) is 19.8 Å². The summed E-state index contributed by atoms with van der Waals surface area (Å²) in [5.41, 5.74) is 2.31. The number of aromatic nitrogens is 4. The molecular weight excluding hydrogens is 300 g/mol. The lowest BCUT2D eigenvalue weighted by Gasteiger charge is -2.00. The Morgan fingerprint density at radius 1 is 1.24 bits per heavy atom. The van der Waals surface area contributed by atoms with Crippen molar-refractivity contribution in [2.24, 2.45) is 0 Å². The molecule has 0 saturated heterocycles. The van der Waals surface area contributed by atoms with Crippen LogP contribution in [0.15, 0.2) is 22.7 Å². The van der Waals surface area contributed by atoms with E-state index in [2.05, 4.69) is 56.3 Å². The summed E-state index contributed by atoms with van der Waals surface area (Å²) >= 11 is 5.08. The first-order chi connectivity index (χ1) is 8.15. The Morgan fingerprint density at radius 3 is 2.76 bits per heavy atom. The smallest absolute Gasteiger partial charge is 0.187 e. The first kappa shape index (κ1) is 10.9. The van der Waals surface area contributed by atoms with E-state index in [4.69, 9.17) is 0 Å². The van der Waals surface area contributed by atoms with E-state index in [1.54, 1.807) is 15.9 Å². The van der Waals surface area contributed by atoms with Crippen molar-refractivity contribution in [3.05, 3.63) is 34.1 Å². The van der Waals surface area contributed by atoms with Gasteiger partial charge in [-0.15, -0.1) is 10.2 Å². The summed E-state index contributed by atoms with van der Waals surface area (Å²) in [6.45, 7) is 3.96. The van der Waals surface area contributed by atoms with Gasteiger partial charge < -0.3 is 0 Å². The van der Waals surface area contributed by atoms with Crippen LogP contribution in [0.1, 0.15) is 11.4 Å². The highest BCUT2D eigenvalue weighted by Crippen LogP contribution is 2.28. The summed E-state index contributed by atoms with van der Waals surface area (Å²) < 4.78 is 2.87. The summed E-state index contributed by atoms with van der Waals surface area (Å²) in [6, 6.07) is 6.23. The average Bonchev–Trinajstić information content (AvgIpc) is 2.86. The Hall–Kier alpha value is -1.27. The zero-order chi connectivity index (χ0) is 12.0. The first-order valence-corrected chi connectivity index (χ1v) is 6.71. The molecule has 0 saturated carbocycles. The van der Waals surface area contributed by atoms with Crippen LogP contribution < -0.4 is 0 Å². The minimum absolute atomic E-state index is 0.814. The molecule has 0 aliphatic heterocycles. The van der Waals surface area contributed by atoms with Crippen molar-refractivity contribution in [2.75, 3.05) is 0 Å². The maximum Gasteiger partial charge on any atom is 0.234 e. The highest BCUT2D eigenvalue weighted by molar-refractivity contribution is 9.10. The lowest BCUT2D eigenvalue weighted by molar-refractivity contribution is 0.897. The van der Waals surface area contributed by atoms with Crippen molar-refractivity contribution in [3.63, 3.8) is 0 Å². The fourth-order valence-corrected chi connectivity index (χ4v) is 2.82. The molecule has 0 atom stereocenters. The molecule has 6 heteroatoms. The zero-order valence-electron chi connectivity index (χ0n) is 9.31. The molecule has 4 nitrogen and oxygen atoms in total. The third-order valence-electron chi connectivity index (χ3n) is 2.57. The third kappa shape index (κ3) is 1.77. The third-order valence-corrected chi connectivity index (χ3v) is 4.37. The maximum absolute atomic E-state index is 4.50. The second-order valence-corrected chi connectivity index (χ2v) is 5.62. The van der Waals surface area contributed by atoms with Gasteiger partial charge in [0.2, 0.25) is 4.96 Å². The van der Waals surface area contributed by atoms with E-state index in [0.29, 0.717) is 0 Å². The van der Waals surface area contributed by atoms with Gasteiger partial charge in [0.15, 0.2) is 5.82 Å². The van der Waals surface area contributed by atoms with Crippen LogP contribution in [-0.4, -0.2) is 19.8 Å². The average molecular weight is 309 g/mol. The lowest BCUT2D eigenvalue weighted by atomic mass is 10.2. The molecule has 0 bridgehead atoms. The van der Waals surface area contributed by atoms with E-state index in [0.717, 1.165) is 25.8 Å². The number of fused-ring (bicyclic) bond motifs is 1. The minimum atomic E-state index is 0.814. The molecule has 0 amide bonds. The van der Waals surface area contributed by atoms with Crippen molar-refractivity contribution >= 4 is 32.2 Å². The second kappa shape index (κ2) is 3.89. The van der Waals surface area contributed by atoms with Crippen LogP contribution >= 0.6 is 27.3 Å². The highest BCUT2D eigenvalue weighted by Gasteiger charge is 2.10. The fourth-order valence-electron chi connectivity index (χ4n) is 1.56. The van der Waals surface area contributed by atoms with Crippen molar-refractivity contribution in [1.29, 1.82) is 0 Å². The molecule has 3 rings (SSSR count). The normalized spacial score (nSPS) is 11.2. The van der Waals surface area contributed by atoms with Gasteiger partial charge in [-0.2, -0.15) is 9.61 Å². The van der Waals surface area contributed by atoms with E-state index < -0.39 is 0 Å². The predicted octanol–water partition coefficient (Wildman–Crippen LogP) is 3.23. The molecule has 0 unspecified atom stereocenters. The molecule has 0 N–H and O–H groups in total. The van der Waals surface area contributed by atoms with Gasteiger partial charge in [0.1, 0.15) is 5.01 Å². The van der Waals surface area contributed by atoms with Crippen LogP contribution in [0.2, 0.25) is 0 Å². The van der Waals surface area contributed by atoms with Crippen LogP contribution in [0.3, 0.4) is 0 Å². The molecule has 2 aromatic heterocycles. The van der Waals surface area contributed by atoms with Crippen molar-refractivity contribution in [3.8, 4) is 10.6 Å². The number of hydrogen-bond acceptors (Lipinski definition) is 4. The van der Waals surface area contributed by atoms with Gasteiger partial charge in [0, 0.05) is 10.0 Å². The second-order valence-electron chi connectivity index (χ2n) is 3.81. The molecule has 2 heterocycles. The fraction of sp³-hybridized carbons (Fsp3) is 0.182.